The monoisotopic (exact) mass is 211 g/mol. The summed E-state index contributed by atoms with van der Waals surface area (Å²) in [5.74, 6) is 0.770. The highest BCUT2D eigenvalue weighted by atomic mass is 15.1. The van der Waals surface area contributed by atoms with E-state index >= 15 is 0 Å². The van der Waals surface area contributed by atoms with E-state index in [9.17, 15) is 0 Å². The molecule has 78 valence electrons. The molecular weight excluding hydrogens is 202 g/mol. The Kier molecular flexibility index (Phi) is 1.89. The number of nitrogens with zero attached hydrogens (tertiary/aromatic N) is 4. The third-order valence-corrected chi connectivity index (χ3v) is 2.46. The highest BCUT2D eigenvalue weighted by Crippen LogP contribution is 2.19. The summed E-state index contributed by atoms with van der Waals surface area (Å²) in [6.07, 6.45) is 5.07. The number of H-pyrrole nitrogens is 1. The van der Waals surface area contributed by atoms with Crippen LogP contribution in [0, 0.1) is 6.92 Å². The van der Waals surface area contributed by atoms with E-state index in [-0.39, 0.29) is 0 Å². The molecule has 0 unspecified atom stereocenters. The van der Waals surface area contributed by atoms with Gasteiger partial charge in [0.1, 0.15) is 5.82 Å². The zero-order chi connectivity index (χ0) is 11.0. The highest BCUT2D eigenvalue weighted by Gasteiger charge is 2.07. The fourth-order valence-corrected chi connectivity index (χ4v) is 1.60. The van der Waals surface area contributed by atoms with Crippen LogP contribution in [-0.4, -0.2) is 25.1 Å². The lowest BCUT2D eigenvalue weighted by Gasteiger charge is -1.92. The second-order valence-corrected chi connectivity index (χ2v) is 3.54. The van der Waals surface area contributed by atoms with Crippen molar-refractivity contribution in [2.75, 3.05) is 0 Å². The lowest BCUT2D eigenvalue weighted by molar-refractivity contribution is 1.03. The highest BCUT2D eigenvalue weighted by molar-refractivity contribution is 5.78. The minimum atomic E-state index is 0.729. The van der Waals surface area contributed by atoms with E-state index in [0.717, 1.165) is 28.1 Å². The predicted octanol–water partition coefficient (Wildman–Crippen LogP) is 1.72. The molecule has 0 aliphatic heterocycles. The van der Waals surface area contributed by atoms with E-state index in [4.69, 9.17) is 0 Å². The molecule has 16 heavy (non-hydrogen) atoms. The fraction of sp³-hybridized carbons (Fsp3) is 0.0909. The lowest BCUT2D eigenvalue weighted by Crippen LogP contribution is -1.83. The van der Waals surface area contributed by atoms with Gasteiger partial charge in [-0.15, -0.1) is 0 Å². The minimum absolute atomic E-state index is 0.729. The van der Waals surface area contributed by atoms with Crippen molar-refractivity contribution >= 4 is 11.2 Å². The van der Waals surface area contributed by atoms with Gasteiger partial charge in [0, 0.05) is 11.8 Å². The topological polar surface area (TPSA) is 67.3 Å². The van der Waals surface area contributed by atoms with Crippen LogP contribution < -0.4 is 0 Å². The first kappa shape index (κ1) is 8.96. The Bertz CT molecular complexity index is 629. The van der Waals surface area contributed by atoms with E-state index in [1.165, 1.54) is 0 Å². The van der Waals surface area contributed by atoms with Crippen LogP contribution in [0.2, 0.25) is 0 Å². The third kappa shape index (κ3) is 1.33. The number of aryl methyl sites for hydroxylation is 1. The number of imidazole rings is 1. The van der Waals surface area contributed by atoms with Crippen molar-refractivity contribution in [2.24, 2.45) is 0 Å². The van der Waals surface area contributed by atoms with Crippen LogP contribution in [0.15, 0.2) is 30.7 Å². The van der Waals surface area contributed by atoms with Gasteiger partial charge >= 0.3 is 0 Å². The Morgan fingerprint density at radius 2 is 2.06 bits per heavy atom. The SMILES string of the molecule is Cc1ccnc2nc(-c3ccnnc3)[nH]c12. The summed E-state index contributed by atoms with van der Waals surface area (Å²) < 4.78 is 0. The van der Waals surface area contributed by atoms with Crippen LogP contribution in [-0.2, 0) is 0 Å². The first-order chi connectivity index (χ1) is 7.84. The quantitative estimate of drug-likeness (QED) is 0.665. The fourth-order valence-electron chi connectivity index (χ4n) is 1.60. The van der Waals surface area contributed by atoms with Gasteiger partial charge in [0.2, 0.25) is 0 Å². The third-order valence-electron chi connectivity index (χ3n) is 2.46. The number of rotatable bonds is 1. The second kappa shape index (κ2) is 3.37. The van der Waals surface area contributed by atoms with Crippen LogP contribution in [0.3, 0.4) is 0 Å². The Labute approximate surface area is 91.6 Å². The smallest absolute Gasteiger partial charge is 0.178 e. The van der Waals surface area contributed by atoms with Gasteiger partial charge in [-0.05, 0) is 24.6 Å². The summed E-state index contributed by atoms with van der Waals surface area (Å²) in [5, 5.41) is 7.56. The lowest BCUT2D eigenvalue weighted by atomic mass is 10.3. The Morgan fingerprint density at radius 3 is 2.81 bits per heavy atom. The van der Waals surface area contributed by atoms with E-state index in [0.29, 0.717) is 0 Å². The molecule has 3 aromatic rings. The zero-order valence-electron chi connectivity index (χ0n) is 8.68. The Morgan fingerprint density at radius 1 is 1.12 bits per heavy atom. The zero-order valence-corrected chi connectivity index (χ0v) is 8.68. The number of pyridine rings is 1. The number of fused-ring (bicyclic) bond motifs is 1. The molecule has 0 amide bonds. The van der Waals surface area contributed by atoms with Gasteiger partial charge in [0.05, 0.1) is 17.9 Å². The molecule has 0 aliphatic rings. The van der Waals surface area contributed by atoms with Crippen LogP contribution >= 0.6 is 0 Å². The van der Waals surface area contributed by atoms with E-state index < -0.39 is 0 Å². The van der Waals surface area contributed by atoms with Crippen molar-refractivity contribution in [1.29, 1.82) is 0 Å². The molecule has 0 bridgehead atoms. The van der Waals surface area contributed by atoms with Gasteiger partial charge in [-0.2, -0.15) is 10.2 Å². The van der Waals surface area contributed by atoms with Gasteiger partial charge in [0.25, 0.3) is 0 Å². The largest absolute Gasteiger partial charge is 0.336 e. The number of aromatic amines is 1. The molecule has 0 saturated heterocycles. The van der Waals surface area contributed by atoms with Gasteiger partial charge in [-0.25, -0.2) is 9.97 Å². The van der Waals surface area contributed by atoms with Crippen LogP contribution in [0.25, 0.3) is 22.6 Å². The molecule has 0 aromatic carbocycles. The second-order valence-electron chi connectivity index (χ2n) is 3.54. The maximum atomic E-state index is 4.41. The predicted molar refractivity (Wildman–Crippen MR) is 59.7 cm³/mol. The van der Waals surface area contributed by atoms with E-state index in [1.807, 2.05) is 19.1 Å². The Hall–Kier alpha value is -2.30. The van der Waals surface area contributed by atoms with Crippen molar-refractivity contribution < 1.29 is 0 Å². The minimum Gasteiger partial charge on any atom is -0.336 e. The molecule has 3 aromatic heterocycles. The van der Waals surface area contributed by atoms with Gasteiger partial charge in [0.15, 0.2) is 5.65 Å². The van der Waals surface area contributed by atoms with Crippen molar-refractivity contribution in [3.63, 3.8) is 0 Å². The molecule has 5 heteroatoms. The van der Waals surface area contributed by atoms with Gasteiger partial charge in [-0.1, -0.05) is 0 Å². The summed E-state index contributed by atoms with van der Waals surface area (Å²) in [7, 11) is 0. The van der Waals surface area contributed by atoms with E-state index in [1.54, 1.807) is 18.6 Å². The van der Waals surface area contributed by atoms with Crippen molar-refractivity contribution in [1.82, 2.24) is 25.1 Å². The summed E-state index contributed by atoms with van der Waals surface area (Å²) >= 11 is 0. The first-order valence-electron chi connectivity index (χ1n) is 4.93. The average molecular weight is 211 g/mol. The maximum absolute atomic E-state index is 4.41. The summed E-state index contributed by atoms with van der Waals surface area (Å²) in [6.45, 7) is 2.02. The van der Waals surface area contributed by atoms with Gasteiger partial charge < -0.3 is 4.98 Å². The molecular formula is C11H9N5. The number of hydrogen-bond acceptors (Lipinski definition) is 4. The van der Waals surface area contributed by atoms with Crippen LogP contribution in [0.1, 0.15) is 5.56 Å². The van der Waals surface area contributed by atoms with Crippen LogP contribution in [0.5, 0.6) is 0 Å². The average Bonchev–Trinajstić information content (AvgIpc) is 2.76. The first-order valence-corrected chi connectivity index (χ1v) is 4.93. The molecule has 0 aliphatic carbocycles. The molecule has 0 fully saturated rings. The standard InChI is InChI=1S/C11H9N5/c1-7-2-4-12-11-9(7)15-10(16-11)8-3-5-13-14-6-8/h2-6H,1H3,(H,12,15,16). The van der Waals surface area contributed by atoms with Crippen molar-refractivity contribution in [3.8, 4) is 11.4 Å². The molecule has 0 radical (unpaired) electrons. The molecule has 1 N–H and O–H groups in total. The molecule has 3 rings (SSSR count). The molecule has 5 nitrogen and oxygen atoms in total. The summed E-state index contributed by atoms with van der Waals surface area (Å²) in [5.41, 5.74) is 3.74. The number of nitrogens with one attached hydrogen (secondary N) is 1. The van der Waals surface area contributed by atoms with Crippen molar-refractivity contribution in [3.05, 3.63) is 36.3 Å². The molecule has 0 saturated carbocycles. The van der Waals surface area contributed by atoms with Crippen molar-refractivity contribution in [2.45, 2.75) is 6.92 Å². The van der Waals surface area contributed by atoms with Gasteiger partial charge in [-0.3, -0.25) is 0 Å². The molecule has 3 heterocycles. The number of hydrogen-bond donors (Lipinski definition) is 1. The maximum Gasteiger partial charge on any atom is 0.178 e. The van der Waals surface area contributed by atoms with E-state index in [2.05, 4.69) is 25.1 Å². The summed E-state index contributed by atoms with van der Waals surface area (Å²) in [4.78, 5) is 11.9. The van der Waals surface area contributed by atoms with Crippen LogP contribution in [0.4, 0.5) is 0 Å². The normalized spacial score (nSPS) is 10.8. The number of aromatic nitrogens is 5. The molecule has 0 atom stereocenters. The Balaban J connectivity index is 2.23. The summed E-state index contributed by atoms with van der Waals surface area (Å²) in [6, 6.07) is 3.81. The molecule has 0 spiro atoms.